The van der Waals surface area contributed by atoms with E-state index in [4.69, 9.17) is 33.7 Å². The number of benzene rings is 2. The zero-order chi connectivity index (χ0) is 18.2. The fourth-order valence-electron chi connectivity index (χ4n) is 3.27. The van der Waals surface area contributed by atoms with Crippen LogP contribution in [-0.4, -0.2) is 32.4 Å². The fourth-order valence-corrected chi connectivity index (χ4v) is 5.81. The van der Waals surface area contributed by atoms with E-state index in [-0.39, 0.29) is 17.4 Å². The minimum Gasteiger partial charge on any atom is -0.380 e. The smallest absolute Gasteiger partial charge is 0.183 e. The van der Waals surface area contributed by atoms with E-state index in [1.165, 1.54) is 12.1 Å². The van der Waals surface area contributed by atoms with Crippen LogP contribution >= 0.6 is 23.2 Å². The van der Waals surface area contributed by atoms with Gasteiger partial charge in [-0.25, -0.2) is 8.42 Å². The Kier molecular flexibility index (Phi) is 5.15. The molecule has 2 aromatic carbocycles. The molecule has 0 aromatic heterocycles. The molecule has 0 radical (unpaired) electrons. The summed E-state index contributed by atoms with van der Waals surface area (Å²) in [6, 6.07) is 13.3. The van der Waals surface area contributed by atoms with Gasteiger partial charge in [0, 0.05) is 22.6 Å². The van der Waals surface area contributed by atoms with E-state index in [1.54, 1.807) is 24.3 Å². The lowest BCUT2D eigenvalue weighted by Crippen LogP contribution is -2.36. The Hall–Kier alpha value is -1.11. The largest absolute Gasteiger partial charge is 0.380 e. The molecule has 0 heterocycles. The first-order valence-electron chi connectivity index (χ1n) is 7.92. The second-order valence-corrected chi connectivity index (χ2v) is 9.14. The van der Waals surface area contributed by atoms with Gasteiger partial charge in [0.05, 0.1) is 22.3 Å². The van der Waals surface area contributed by atoms with Gasteiger partial charge in [-0.2, -0.15) is 0 Å². The Morgan fingerprint density at radius 1 is 1.04 bits per heavy atom. The average molecular weight is 400 g/mol. The monoisotopic (exact) mass is 399 g/mol. The highest BCUT2D eigenvalue weighted by atomic mass is 35.5. The molecule has 0 saturated heterocycles. The third-order valence-corrected chi connectivity index (χ3v) is 7.38. The number of hydrogen-bond acceptors (Lipinski definition) is 4. The molecular formula is C18H19Cl2NO3S. The van der Waals surface area contributed by atoms with Gasteiger partial charge in [0.2, 0.25) is 0 Å². The quantitative estimate of drug-likeness (QED) is 0.804. The molecule has 7 heteroatoms. The van der Waals surface area contributed by atoms with Crippen LogP contribution in [-0.2, 0) is 14.6 Å². The number of nitrogens with two attached hydrogens (primary N) is 1. The van der Waals surface area contributed by atoms with Crippen molar-refractivity contribution in [3.8, 4) is 0 Å². The number of ether oxygens (including phenoxy) is 1. The molecule has 0 spiro atoms. The Bertz CT molecular complexity index is 853. The van der Waals surface area contributed by atoms with Crippen LogP contribution in [0.25, 0.3) is 0 Å². The molecular weight excluding hydrogens is 381 g/mol. The molecule has 1 aliphatic carbocycles. The summed E-state index contributed by atoms with van der Waals surface area (Å²) in [4.78, 5) is 0.213. The van der Waals surface area contributed by atoms with Crippen molar-refractivity contribution in [1.29, 1.82) is 0 Å². The van der Waals surface area contributed by atoms with Crippen LogP contribution in [0.2, 0.25) is 10.0 Å². The van der Waals surface area contributed by atoms with Gasteiger partial charge in [-0.05, 0) is 48.9 Å². The predicted molar refractivity (Wildman–Crippen MR) is 100 cm³/mol. The van der Waals surface area contributed by atoms with Gasteiger partial charge in [0.15, 0.2) is 9.84 Å². The number of sulfone groups is 1. The molecule has 3 rings (SSSR count). The van der Waals surface area contributed by atoms with Crippen LogP contribution < -0.4 is 5.73 Å². The molecule has 0 bridgehead atoms. The van der Waals surface area contributed by atoms with Crippen LogP contribution in [0, 0.1) is 0 Å². The third-order valence-electron chi connectivity index (χ3n) is 4.56. The molecule has 2 N–H and O–H groups in total. The summed E-state index contributed by atoms with van der Waals surface area (Å²) >= 11 is 11.8. The van der Waals surface area contributed by atoms with Gasteiger partial charge in [-0.1, -0.05) is 35.3 Å². The molecule has 1 fully saturated rings. The highest BCUT2D eigenvalue weighted by Crippen LogP contribution is 2.55. The van der Waals surface area contributed by atoms with Crippen LogP contribution in [0.15, 0.2) is 53.4 Å². The van der Waals surface area contributed by atoms with Gasteiger partial charge in [-0.15, -0.1) is 0 Å². The molecule has 134 valence electrons. The summed E-state index contributed by atoms with van der Waals surface area (Å²) < 4.78 is 31.7. The van der Waals surface area contributed by atoms with Crippen molar-refractivity contribution in [1.82, 2.24) is 0 Å². The second kappa shape index (κ2) is 6.89. The van der Waals surface area contributed by atoms with Crippen LogP contribution in [0.4, 0.5) is 0 Å². The van der Waals surface area contributed by atoms with Crippen molar-refractivity contribution in [2.75, 3.05) is 13.2 Å². The molecule has 1 aliphatic rings. The van der Waals surface area contributed by atoms with Crippen molar-refractivity contribution >= 4 is 33.0 Å². The summed E-state index contributed by atoms with van der Waals surface area (Å²) in [7, 11) is -3.62. The maximum absolute atomic E-state index is 13.1. The highest BCUT2D eigenvalue weighted by Gasteiger charge is 2.69. The van der Waals surface area contributed by atoms with Crippen LogP contribution in [0.1, 0.15) is 18.4 Å². The highest BCUT2D eigenvalue weighted by molar-refractivity contribution is 7.92. The van der Waals surface area contributed by atoms with Gasteiger partial charge < -0.3 is 10.5 Å². The number of rotatable bonds is 6. The second-order valence-electron chi connectivity index (χ2n) is 6.20. The van der Waals surface area contributed by atoms with Gasteiger partial charge >= 0.3 is 0 Å². The van der Waals surface area contributed by atoms with Gasteiger partial charge in [-0.3, -0.25) is 0 Å². The van der Waals surface area contributed by atoms with Gasteiger partial charge in [0.1, 0.15) is 0 Å². The summed E-state index contributed by atoms with van der Waals surface area (Å²) in [6.45, 7) is 2.50. The van der Waals surface area contributed by atoms with E-state index < -0.39 is 20.6 Å². The first-order chi connectivity index (χ1) is 11.8. The Balaban J connectivity index is 1.99. The van der Waals surface area contributed by atoms with E-state index >= 15 is 0 Å². The Morgan fingerprint density at radius 3 is 2.08 bits per heavy atom. The molecule has 0 aliphatic heterocycles. The zero-order valence-corrected chi connectivity index (χ0v) is 16.0. The van der Waals surface area contributed by atoms with Crippen molar-refractivity contribution in [2.45, 2.75) is 28.5 Å². The van der Waals surface area contributed by atoms with E-state index in [0.29, 0.717) is 16.7 Å². The summed E-state index contributed by atoms with van der Waals surface area (Å²) in [5, 5.41) is 0.320. The molecule has 4 nitrogen and oxygen atoms in total. The molecule has 2 aromatic rings. The molecule has 25 heavy (non-hydrogen) atoms. The standard InChI is InChI=1S/C18H19Cl2NO3S/c1-2-24-11-18(21)16(12-3-5-13(19)6-4-12)17(18)25(22,23)15-9-7-14(20)8-10-15/h3-10,16-17H,2,11,21H2,1H3/t16-,17-,18+/m0/s1. The van der Waals surface area contributed by atoms with E-state index in [9.17, 15) is 8.42 Å². The normalized spacial score (nSPS) is 25.8. The van der Waals surface area contributed by atoms with Crippen LogP contribution in [0.5, 0.6) is 0 Å². The fraction of sp³-hybridized carbons (Fsp3) is 0.333. The minimum absolute atomic E-state index is 0.175. The van der Waals surface area contributed by atoms with Crippen molar-refractivity contribution in [2.24, 2.45) is 5.73 Å². The first-order valence-corrected chi connectivity index (χ1v) is 10.2. The van der Waals surface area contributed by atoms with Crippen LogP contribution in [0.3, 0.4) is 0 Å². The number of halogens is 2. The lowest BCUT2D eigenvalue weighted by molar-refractivity contribution is 0.125. The maximum Gasteiger partial charge on any atom is 0.183 e. The lowest BCUT2D eigenvalue weighted by Gasteiger charge is -2.12. The van der Waals surface area contributed by atoms with E-state index in [2.05, 4.69) is 0 Å². The Morgan fingerprint density at radius 2 is 1.56 bits per heavy atom. The molecule has 1 saturated carbocycles. The summed E-state index contributed by atoms with van der Waals surface area (Å²) in [5.74, 6) is -0.350. The lowest BCUT2D eigenvalue weighted by atomic mass is 10.1. The third kappa shape index (κ3) is 3.44. The molecule has 0 unspecified atom stereocenters. The zero-order valence-electron chi connectivity index (χ0n) is 13.7. The number of hydrogen-bond donors (Lipinski definition) is 1. The SMILES string of the molecule is CCOC[C@@]1(N)[C@@H](c2ccc(Cl)cc2)[C@@H]1S(=O)(=O)c1ccc(Cl)cc1. The summed E-state index contributed by atoms with van der Waals surface area (Å²) in [5.41, 5.74) is 6.35. The minimum atomic E-state index is -3.62. The van der Waals surface area contributed by atoms with Crippen molar-refractivity contribution in [3.63, 3.8) is 0 Å². The Labute approximate surface area is 157 Å². The summed E-state index contributed by atoms with van der Waals surface area (Å²) in [6.07, 6.45) is 0. The van der Waals surface area contributed by atoms with E-state index in [0.717, 1.165) is 5.56 Å². The van der Waals surface area contributed by atoms with Crippen molar-refractivity contribution in [3.05, 3.63) is 64.1 Å². The van der Waals surface area contributed by atoms with Crippen molar-refractivity contribution < 1.29 is 13.2 Å². The van der Waals surface area contributed by atoms with E-state index in [1.807, 2.05) is 19.1 Å². The topological polar surface area (TPSA) is 69.4 Å². The molecule has 0 amide bonds. The first kappa shape index (κ1) is 18.7. The van der Waals surface area contributed by atoms with Gasteiger partial charge in [0.25, 0.3) is 0 Å². The average Bonchev–Trinajstić information content (AvgIpc) is 3.21. The maximum atomic E-state index is 13.1. The predicted octanol–water partition coefficient (Wildman–Crippen LogP) is 3.67. The molecule has 3 atom stereocenters.